The third-order valence-electron chi connectivity index (χ3n) is 5.14. The molecule has 1 aliphatic rings. The Bertz CT molecular complexity index is 959. The molecular formula is C21H20N2O3. The molecule has 3 aromatic rings. The molecule has 0 radical (unpaired) electrons. The summed E-state index contributed by atoms with van der Waals surface area (Å²) < 4.78 is 0. The smallest absolute Gasteiger partial charge is 0.335 e. The topological polar surface area (TPSA) is 73.4 Å². The number of likely N-dealkylation sites (tertiary alicyclic amines) is 1. The Morgan fingerprint density at radius 1 is 1.04 bits per heavy atom. The molecule has 5 heteroatoms. The maximum atomic E-state index is 12.9. The van der Waals surface area contributed by atoms with Gasteiger partial charge in [-0.15, -0.1) is 0 Å². The average molecular weight is 348 g/mol. The number of piperidine rings is 1. The molecule has 0 aliphatic carbocycles. The lowest BCUT2D eigenvalue weighted by Crippen LogP contribution is -2.39. The molecule has 0 spiro atoms. The summed E-state index contributed by atoms with van der Waals surface area (Å²) in [6.45, 7) is 1.42. The Morgan fingerprint density at radius 2 is 1.81 bits per heavy atom. The third kappa shape index (κ3) is 3.08. The van der Waals surface area contributed by atoms with Gasteiger partial charge in [0.15, 0.2) is 0 Å². The highest BCUT2D eigenvalue weighted by atomic mass is 16.4. The van der Waals surface area contributed by atoms with Gasteiger partial charge in [-0.2, -0.15) is 0 Å². The van der Waals surface area contributed by atoms with Crippen molar-refractivity contribution in [3.8, 4) is 0 Å². The van der Waals surface area contributed by atoms with E-state index in [4.69, 9.17) is 5.11 Å². The maximum Gasteiger partial charge on any atom is 0.335 e. The number of rotatable bonds is 3. The van der Waals surface area contributed by atoms with E-state index < -0.39 is 5.97 Å². The first-order valence-corrected chi connectivity index (χ1v) is 8.81. The molecule has 5 nitrogen and oxygen atoms in total. The third-order valence-corrected chi connectivity index (χ3v) is 5.14. The second kappa shape index (κ2) is 6.67. The monoisotopic (exact) mass is 348 g/mol. The molecule has 1 aliphatic heterocycles. The van der Waals surface area contributed by atoms with Gasteiger partial charge in [-0.1, -0.05) is 12.1 Å². The zero-order chi connectivity index (χ0) is 18.1. The summed E-state index contributed by atoms with van der Waals surface area (Å²) in [6, 6.07) is 14.7. The van der Waals surface area contributed by atoms with Gasteiger partial charge in [-0.05, 0) is 54.8 Å². The number of hydrogen-bond donors (Lipinski definition) is 2. The van der Waals surface area contributed by atoms with Crippen LogP contribution in [0.3, 0.4) is 0 Å². The van der Waals surface area contributed by atoms with E-state index in [-0.39, 0.29) is 17.4 Å². The number of fused-ring (bicyclic) bond motifs is 1. The normalized spacial score (nSPS) is 17.4. The van der Waals surface area contributed by atoms with Crippen molar-refractivity contribution in [1.82, 2.24) is 9.88 Å². The van der Waals surface area contributed by atoms with Crippen LogP contribution >= 0.6 is 0 Å². The van der Waals surface area contributed by atoms with Crippen LogP contribution in [-0.4, -0.2) is 40.0 Å². The van der Waals surface area contributed by atoms with Crippen molar-refractivity contribution in [3.05, 3.63) is 71.4 Å². The lowest BCUT2D eigenvalue weighted by Gasteiger charge is -2.33. The number of aromatic carboxylic acids is 1. The van der Waals surface area contributed by atoms with Crippen LogP contribution in [0.15, 0.2) is 54.7 Å². The van der Waals surface area contributed by atoms with Gasteiger partial charge < -0.3 is 15.0 Å². The van der Waals surface area contributed by atoms with E-state index in [1.165, 1.54) is 0 Å². The zero-order valence-electron chi connectivity index (χ0n) is 14.3. The molecule has 1 saturated heterocycles. The number of carboxylic acid groups (broad SMARTS) is 1. The molecular weight excluding hydrogens is 328 g/mol. The molecule has 132 valence electrons. The lowest BCUT2D eigenvalue weighted by atomic mass is 9.90. The van der Waals surface area contributed by atoms with Crippen molar-refractivity contribution >= 4 is 22.8 Å². The molecule has 1 aromatic heterocycles. The van der Waals surface area contributed by atoms with Crippen LogP contribution in [0.2, 0.25) is 0 Å². The highest BCUT2D eigenvalue weighted by Crippen LogP contribution is 2.28. The summed E-state index contributed by atoms with van der Waals surface area (Å²) in [5.41, 5.74) is 3.11. The number of aromatic amines is 1. The number of H-pyrrole nitrogens is 1. The van der Waals surface area contributed by atoms with Crippen molar-refractivity contribution in [1.29, 1.82) is 0 Å². The van der Waals surface area contributed by atoms with Crippen LogP contribution in [-0.2, 0) is 0 Å². The average Bonchev–Trinajstić information content (AvgIpc) is 3.15. The van der Waals surface area contributed by atoms with E-state index in [1.807, 2.05) is 47.5 Å². The fourth-order valence-corrected chi connectivity index (χ4v) is 3.70. The highest BCUT2D eigenvalue weighted by Gasteiger charge is 2.25. The number of carbonyl (C=O) groups is 2. The second-order valence-corrected chi connectivity index (χ2v) is 6.80. The van der Waals surface area contributed by atoms with Crippen molar-refractivity contribution in [3.63, 3.8) is 0 Å². The summed E-state index contributed by atoms with van der Waals surface area (Å²) in [4.78, 5) is 29.0. The molecule has 1 amide bonds. The van der Waals surface area contributed by atoms with E-state index in [0.717, 1.165) is 35.9 Å². The fraction of sp³-hybridized carbons (Fsp3) is 0.238. The van der Waals surface area contributed by atoms with E-state index in [0.29, 0.717) is 12.1 Å². The largest absolute Gasteiger partial charge is 0.478 e. The number of nitrogens with zero attached hydrogens (tertiary/aromatic N) is 1. The summed E-state index contributed by atoms with van der Waals surface area (Å²) in [5, 5.41) is 10.1. The molecule has 0 unspecified atom stereocenters. The van der Waals surface area contributed by atoms with Gasteiger partial charge in [0.05, 0.1) is 5.56 Å². The number of amides is 1. The number of benzene rings is 2. The van der Waals surface area contributed by atoms with Crippen LogP contribution in [0.4, 0.5) is 0 Å². The Kier molecular flexibility index (Phi) is 4.21. The van der Waals surface area contributed by atoms with Crippen molar-refractivity contribution in [2.24, 2.45) is 0 Å². The minimum Gasteiger partial charge on any atom is -0.478 e. The first-order chi connectivity index (χ1) is 12.6. The minimum absolute atomic E-state index is 0.0555. The molecule has 4 rings (SSSR count). The van der Waals surface area contributed by atoms with Gasteiger partial charge in [-0.25, -0.2) is 4.79 Å². The van der Waals surface area contributed by atoms with Gasteiger partial charge in [0.2, 0.25) is 0 Å². The molecule has 1 atom stereocenters. The minimum atomic E-state index is -0.919. The van der Waals surface area contributed by atoms with Crippen molar-refractivity contribution in [2.45, 2.75) is 18.8 Å². The van der Waals surface area contributed by atoms with E-state index in [9.17, 15) is 9.59 Å². The van der Waals surface area contributed by atoms with Gasteiger partial charge in [0, 0.05) is 41.7 Å². The Hall–Kier alpha value is -3.08. The van der Waals surface area contributed by atoms with Crippen molar-refractivity contribution in [2.75, 3.05) is 13.1 Å². The van der Waals surface area contributed by atoms with E-state index >= 15 is 0 Å². The number of nitrogens with one attached hydrogen (secondary N) is 1. The van der Waals surface area contributed by atoms with Gasteiger partial charge in [0.25, 0.3) is 5.91 Å². The standard InChI is InChI=1S/C21H20N2O3/c24-20(17-7-8-19-16(12-17)9-10-22-19)23-11-1-2-18(13-23)14-3-5-15(6-4-14)21(25)26/h3-10,12,18,22H,1-2,11,13H2,(H,25,26)/t18-/m1/s1. The summed E-state index contributed by atoms with van der Waals surface area (Å²) in [6.07, 6.45) is 3.83. The summed E-state index contributed by atoms with van der Waals surface area (Å²) >= 11 is 0. The molecule has 1 fully saturated rings. The lowest BCUT2D eigenvalue weighted by molar-refractivity contribution is 0.0693. The number of hydrogen-bond acceptors (Lipinski definition) is 2. The van der Waals surface area contributed by atoms with Gasteiger partial charge in [0.1, 0.15) is 0 Å². The fourth-order valence-electron chi connectivity index (χ4n) is 3.70. The second-order valence-electron chi connectivity index (χ2n) is 6.80. The Morgan fingerprint density at radius 3 is 2.58 bits per heavy atom. The number of carboxylic acids is 1. The maximum absolute atomic E-state index is 12.9. The molecule has 2 heterocycles. The van der Waals surface area contributed by atoms with E-state index in [2.05, 4.69) is 4.98 Å². The summed E-state index contributed by atoms with van der Waals surface area (Å²) in [5.74, 6) is -0.622. The first-order valence-electron chi connectivity index (χ1n) is 8.81. The molecule has 2 aromatic carbocycles. The molecule has 2 N–H and O–H groups in total. The van der Waals surface area contributed by atoms with Gasteiger partial charge in [-0.3, -0.25) is 4.79 Å². The quantitative estimate of drug-likeness (QED) is 0.754. The van der Waals surface area contributed by atoms with Crippen LogP contribution in [0.1, 0.15) is 45.0 Å². The number of carbonyl (C=O) groups excluding carboxylic acids is 1. The van der Waals surface area contributed by atoms with Gasteiger partial charge >= 0.3 is 5.97 Å². The van der Waals surface area contributed by atoms with Crippen LogP contribution in [0.5, 0.6) is 0 Å². The molecule has 0 saturated carbocycles. The molecule has 26 heavy (non-hydrogen) atoms. The van der Waals surface area contributed by atoms with Crippen LogP contribution in [0.25, 0.3) is 10.9 Å². The first kappa shape index (κ1) is 16.4. The predicted octanol–water partition coefficient (Wildman–Crippen LogP) is 3.89. The zero-order valence-corrected chi connectivity index (χ0v) is 14.3. The van der Waals surface area contributed by atoms with Crippen LogP contribution < -0.4 is 0 Å². The SMILES string of the molecule is O=C(O)c1ccc([C@@H]2CCCN(C(=O)c3ccc4[nH]ccc4c3)C2)cc1. The highest BCUT2D eigenvalue weighted by molar-refractivity contribution is 5.98. The summed E-state index contributed by atoms with van der Waals surface area (Å²) in [7, 11) is 0. The van der Waals surface area contributed by atoms with E-state index in [1.54, 1.807) is 12.1 Å². The molecule has 0 bridgehead atoms. The van der Waals surface area contributed by atoms with Crippen molar-refractivity contribution < 1.29 is 14.7 Å². The Balaban J connectivity index is 1.52. The van der Waals surface area contributed by atoms with Crippen LogP contribution in [0, 0.1) is 0 Å². The number of aromatic nitrogens is 1. The predicted molar refractivity (Wildman–Crippen MR) is 99.6 cm³/mol. The Labute approximate surface area is 151 Å².